The van der Waals surface area contributed by atoms with E-state index in [1.807, 2.05) is 43.3 Å². The maximum atomic E-state index is 10.7. The van der Waals surface area contributed by atoms with E-state index in [9.17, 15) is 14.7 Å². The first-order valence-electron chi connectivity index (χ1n) is 7.93. The Morgan fingerprint density at radius 2 is 0.731 bits per heavy atom. The fraction of sp³-hybridized carbons (Fsp3) is 0.100. The molecule has 0 N–H and O–H groups in total. The van der Waals surface area contributed by atoms with Gasteiger partial charge in [-0.05, 0) is 75.5 Å². The average molecular weight is 345 g/mol. The van der Waals surface area contributed by atoms with Gasteiger partial charge in [-0.2, -0.15) is 0 Å². The van der Waals surface area contributed by atoms with Crippen LogP contribution in [-0.4, -0.2) is 0 Å². The molecule has 128 valence electrons. The summed E-state index contributed by atoms with van der Waals surface area (Å²) in [6.45, 7) is 2.03. The molecule has 0 atom stereocenters. The van der Waals surface area contributed by atoms with Crippen LogP contribution < -0.4 is 0 Å². The minimum atomic E-state index is -0.579. The molecule has 0 saturated carbocycles. The summed E-state index contributed by atoms with van der Waals surface area (Å²) >= 11 is 0. The van der Waals surface area contributed by atoms with Crippen molar-refractivity contribution in [1.82, 2.24) is 0 Å². The van der Waals surface area contributed by atoms with Crippen molar-refractivity contribution in [3.63, 3.8) is 0 Å². The Morgan fingerprint density at radius 3 is 0.923 bits per heavy atom. The molecule has 6 nitrogen and oxygen atoms in total. The van der Waals surface area contributed by atoms with Crippen molar-refractivity contribution in [2.45, 2.75) is 12.3 Å². The molecule has 0 aromatic heterocycles. The Balaban J connectivity index is 2.19. The Kier molecular flexibility index (Phi) is 4.75. The van der Waals surface area contributed by atoms with Gasteiger partial charge in [0.25, 0.3) is 0 Å². The molecule has 26 heavy (non-hydrogen) atoms. The lowest BCUT2D eigenvalue weighted by Crippen LogP contribution is -2.25. The van der Waals surface area contributed by atoms with E-state index in [0.29, 0.717) is 17.1 Å². The Hall–Kier alpha value is -3.54. The normalized spacial score (nSPS) is 11.0. The highest BCUT2D eigenvalue weighted by Gasteiger charge is 2.31. The van der Waals surface area contributed by atoms with Crippen LogP contribution in [-0.2, 0) is 5.41 Å². The number of hydrogen-bond donors (Lipinski definition) is 0. The van der Waals surface area contributed by atoms with E-state index in [2.05, 4.69) is 15.5 Å². The summed E-state index contributed by atoms with van der Waals surface area (Å²) in [6, 6.07) is 21.0. The first-order chi connectivity index (χ1) is 12.6. The average Bonchev–Trinajstić information content (AvgIpc) is 2.73. The predicted molar refractivity (Wildman–Crippen MR) is 101 cm³/mol. The smallest absolute Gasteiger partial charge is 0.108 e. The van der Waals surface area contributed by atoms with Gasteiger partial charge in [0.15, 0.2) is 0 Å². The van der Waals surface area contributed by atoms with Gasteiger partial charge in [-0.25, -0.2) is 0 Å². The molecule has 0 bridgehead atoms. The topological polar surface area (TPSA) is 88.3 Å². The Morgan fingerprint density at radius 1 is 0.500 bits per heavy atom. The third-order valence-corrected chi connectivity index (χ3v) is 4.65. The third kappa shape index (κ3) is 3.04. The van der Waals surface area contributed by atoms with Crippen molar-refractivity contribution >= 4 is 17.1 Å². The summed E-state index contributed by atoms with van der Waals surface area (Å²) in [5.74, 6) is 0. The van der Waals surface area contributed by atoms with Crippen LogP contribution in [0.15, 0.2) is 88.3 Å². The quantitative estimate of drug-likeness (QED) is 0.391. The Bertz CT molecular complexity index is 808. The first-order valence-corrected chi connectivity index (χ1v) is 7.93. The summed E-state index contributed by atoms with van der Waals surface area (Å²) in [7, 11) is 0. The zero-order valence-electron chi connectivity index (χ0n) is 14.0. The molecule has 0 radical (unpaired) electrons. The zero-order valence-corrected chi connectivity index (χ0v) is 14.0. The van der Waals surface area contributed by atoms with Gasteiger partial charge in [-0.15, -0.1) is 14.7 Å². The summed E-state index contributed by atoms with van der Waals surface area (Å²) in [4.78, 5) is 32.2. The molecule has 0 unspecified atom stereocenters. The molecule has 0 aliphatic rings. The first kappa shape index (κ1) is 17.3. The minimum absolute atomic E-state index is 0.345. The van der Waals surface area contributed by atoms with Crippen LogP contribution in [0.25, 0.3) is 0 Å². The number of nitroso groups, excluding NO2 is 3. The number of benzene rings is 3. The van der Waals surface area contributed by atoms with E-state index < -0.39 is 5.41 Å². The van der Waals surface area contributed by atoms with E-state index in [-0.39, 0.29) is 0 Å². The fourth-order valence-corrected chi connectivity index (χ4v) is 3.07. The number of nitrogens with zero attached hydrogens (tertiary/aromatic N) is 3. The molecule has 0 aliphatic carbocycles. The van der Waals surface area contributed by atoms with Gasteiger partial charge in [-0.1, -0.05) is 36.4 Å². The fourth-order valence-electron chi connectivity index (χ4n) is 3.07. The highest BCUT2D eigenvalue weighted by molar-refractivity contribution is 5.55. The van der Waals surface area contributed by atoms with Crippen LogP contribution in [0.1, 0.15) is 23.6 Å². The monoisotopic (exact) mass is 345 g/mol. The van der Waals surface area contributed by atoms with Gasteiger partial charge in [0.1, 0.15) is 17.1 Å². The lowest BCUT2D eigenvalue weighted by Gasteiger charge is -2.32. The highest BCUT2D eigenvalue weighted by Crippen LogP contribution is 2.40. The van der Waals surface area contributed by atoms with Crippen LogP contribution in [0.2, 0.25) is 0 Å². The van der Waals surface area contributed by atoms with Crippen molar-refractivity contribution in [3.8, 4) is 0 Å². The van der Waals surface area contributed by atoms with Gasteiger partial charge >= 0.3 is 0 Å². The summed E-state index contributed by atoms with van der Waals surface area (Å²) in [5.41, 5.74) is 3.26. The predicted octanol–water partition coefficient (Wildman–Crippen LogP) is 6.23. The largest absolute Gasteiger partial charge is 0.145 e. The second-order valence-corrected chi connectivity index (χ2v) is 6.04. The van der Waals surface area contributed by atoms with Crippen LogP contribution in [0, 0.1) is 14.7 Å². The second kappa shape index (κ2) is 7.14. The van der Waals surface area contributed by atoms with Gasteiger partial charge in [0.2, 0.25) is 0 Å². The van der Waals surface area contributed by atoms with Crippen LogP contribution >= 0.6 is 0 Å². The molecule has 0 amide bonds. The maximum absolute atomic E-state index is 10.7. The summed E-state index contributed by atoms with van der Waals surface area (Å²) < 4.78 is 0. The molecule has 3 rings (SSSR count). The van der Waals surface area contributed by atoms with Crippen molar-refractivity contribution in [2.24, 2.45) is 15.5 Å². The Labute approximate surface area is 149 Å². The molecule has 0 saturated heterocycles. The summed E-state index contributed by atoms with van der Waals surface area (Å²) in [5, 5.41) is 8.82. The molecular weight excluding hydrogens is 330 g/mol. The molecule has 3 aromatic carbocycles. The van der Waals surface area contributed by atoms with Gasteiger partial charge in [0, 0.05) is 5.41 Å². The van der Waals surface area contributed by atoms with Crippen LogP contribution in [0.5, 0.6) is 0 Å². The van der Waals surface area contributed by atoms with E-state index >= 15 is 0 Å². The lowest BCUT2D eigenvalue weighted by molar-refractivity contribution is 0.693. The summed E-state index contributed by atoms with van der Waals surface area (Å²) in [6.07, 6.45) is 0. The van der Waals surface area contributed by atoms with Gasteiger partial charge in [-0.3, -0.25) is 0 Å². The van der Waals surface area contributed by atoms with Crippen molar-refractivity contribution < 1.29 is 0 Å². The van der Waals surface area contributed by atoms with Crippen molar-refractivity contribution in [3.05, 3.63) is 104 Å². The minimum Gasteiger partial charge on any atom is -0.145 e. The number of rotatable bonds is 6. The van der Waals surface area contributed by atoms with Gasteiger partial charge in [0.05, 0.1) is 0 Å². The van der Waals surface area contributed by atoms with E-state index in [0.717, 1.165) is 16.7 Å². The molecule has 6 heteroatoms. The molecule has 0 heterocycles. The lowest BCUT2D eigenvalue weighted by atomic mass is 9.71. The van der Waals surface area contributed by atoms with E-state index in [1.54, 1.807) is 36.4 Å². The van der Waals surface area contributed by atoms with Crippen molar-refractivity contribution in [2.75, 3.05) is 0 Å². The third-order valence-electron chi connectivity index (χ3n) is 4.65. The SMILES string of the molecule is CC(c1ccc(N=O)cc1)(c1ccc(N=O)cc1)c1ccc(N=O)cc1. The van der Waals surface area contributed by atoms with Crippen LogP contribution in [0.4, 0.5) is 17.1 Å². The standard InChI is InChI=1S/C20H15N3O3/c1-20(14-2-8-17(21-24)9-3-14,15-4-10-18(22-25)11-5-15)16-6-12-19(23-26)13-7-16/h2-13H,1H3. The van der Waals surface area contributed by atoms with Gasteiger partial charge < -0.3 is 0 Å². The molecular formula is C20H15N3O3. The second-order valence-electron chi connectivity index (χ2n) is 6.04. The highest BCUT2D eigenvalue weighted by atomic mass is 16.3. The molecule has 0 fully saturated rings. The number of hydrogen-bond acceptors (Lipinski definition) is 6. The molecule has 3 aromatic rings. The maximum Gasteiger partial charge on any atom is 0.108 e. The van der Waals surface area contributed by atoms with Crippen molar-refractivity contribution in [1.29, 1.82) is 0 Å². The van der Waals surface area contributed by atoms with E-state index in [4.69, 9.17) is 0 Å². The van der Waals surface area contributed by atoms with Crippen LogP contribution in [0.3, 0.4) is 0 Å². The molecule has 0 aliphatic heterocycles. The van der Waals surface area contributed by atoms with E-state index in [1.165, 1.54) is 0 Å². The zero-order chi connectivity index (χ0) is 18.6. The molecule has 0 spiro atoms.